The summed E-state index contributed by atoms with van der Waals surface area (Å²) < 4.78 is 12.7. The number of benzene rings is 2. The van der Waals surface area contributed by atoms with Crippen LogP contribution in [0.1, 0.15) is 5.56 Å². The molecular weight excluding hydrogens is 257 g/mol. The lowest BCUT2D eigenvalue weighted by Crippen LogP contribution is -2.25. The summed E-state index contributed by atoms with van der Waals surface area (Å²) in [4.78, 5) is 11.5. The second-order valence-electron chi connectivity index (χ2n) is 4.06. The van der Waals surface area contributed by atoms with Crippen LogP contribution in [0.15, 0.2) is 59.7 Å². The van der Waals surface area contributed by atoms with E-state index < -0.39 is 0 Å². The summed E-state index contributed by atoms with van der Waals surface area (Å²) in [5.41, 5.74) is 3.97. The number of anilines is 1. The van der Waals surface area contributed by atoms with Gasteiger partial charge in [0.1, 0.15) is 5.82 Å². The number of rotatable bonds is 5. The van der Waals surface area contributed by atoms with Gasteiger partial charge in [0.15, 0.2) is 0 Å². The molecule has 4 nitrogen and oxygen atoms in total. The number of carbonyl (C=O) groups is 1. The first-order chi connectivity index (χ1) is 9.74. The molecule has 5 heteroatoms. The molecule has 0 saturated carbocycles. The molecule has 0 bridgehead atoms. The fraction of sp³-hybridized carbons (Fsp3) is 0.0667. The number of hydrogen-bond acceptors (Lipinski definition) is 3. The first kappa shape index (κ1) is 13.7. The Morgan fingerprint density at radius 1 is 1.10 bits per heavy atom. The Hall–Kier alpha value is -2.69. The smallest absolute Gasteiger partial charge is 0.259 e. The monoisotopic (exact) mass is 271 g/mol. The highest BCUT2D eigenvalue weighted by atomic mass is 19.1. The second kappa shape index (κ2) is 7.04. The average Bonchev–Trinajstić information content (AvgIpc) is 2.48. The predicted molar refractivity (Wildman–Crippen MR) is 77.1 cm³/mol. The molecule has 0 radical (unpaired) electrons. The third kappa shape index (κ3) is 4.53. The van der Waals surface area contributed by atoms with E-state index in [1.165, 1.54) is 18.3 Å². The highest BCUT2D eigenvalue weighted by Crippen LogP contribution is 2.03. The van der Waals surface area contributed by atoms with Gasteiger partial charge in [0.05, 0.1) is 12.8 Å². The molecule has 1 amide bonds. The van der Waals surface area contributed by atoms with Crippen LogP contribution in [0.3, 0.4) is 0 Å². The van der Waals surface area contributed by atoms with Gasteiger partial charge in [-0.15, -0.1) is 0 Å². The topological polar surface area (TPSA) is 53.5 Å². The molecule has 0 aliphatic carbocycles. The van der Waals surface area contributed by atoms with Crippen LogP contribution < -0.4 is 10.7 Å². The molecule has 0 aliphatic rings. The zero-order valence-corrected chi connectivity index (χ0v) is 10.7. The van der Waals surface area contributed by atoms with E-state index in [-0.39, 0.29) is 18.3 Å². The lowest BCUT2D eigenvalue weighted by molar-refractivity contribution is -0.119. The minimum atomic E-state index is -0.307. The number of amides is 1. The first-order valence-electron chi connectivity index (χ1n) is 6.10. The quantitative estimate of drug-likeness (QED) is 0.648. The van der Waals surface area contributed by atoms with E-state index in [2.05, 4.69) is 15.8 Å². The molecule has 0 aliphatic heterocycles. The van der Waals surface area contributed by atoms with Gasteiger partial charge in [0.2, 0.25) is 0 Å². The van der Waals surface area contributed by atoms with E-state index in [0.29, 0.717) is 5.56 Å². The Bertz CT molecular complexity index is 582. The van der Waals surface area contributed by atoms with Crippen LogP contribution in [-0.2, 0) is 4.79 Å². The maximum absolute atomic E-state index is 12.7. The number of halogens is 1. The van der Waals surface area contributed by atoms with E-state index in [1.807, 2.05) is 30.3 Å². The van der Waals surface area contributed by atoms with Crippen LogP contribution in [0.4, 0.5) is 10.1 Å². The van der Waals surface area contributed by atoms with Gasteiger partial charge in [-0.1, -0.05) is 30.3 Å². The summed E-state index contributed by atoms with van der Waals surface area (Å²) in [5.74, 6) is -0.564. The van der Waals surface area contributed by atoms with E-state index in [0.717, 1.165) is 5.69 Å². The van der Waals surface area contributed by atoms with E-state index >= 15 is 0 Å². The molecule has 2 aromatic rings. The number of nitrogens with one attached hydrogen (secondary N) is 2. The molecule has 0 aromatic heterocycles. The molecule has 0 saturated heterocycles. The van der Waals surface area contributed by atoms with Crippen molar-refractivity contribution >= 4 is 17.8 Å². The normalized spacial score (nSPS) is 10.4. The van der Waals surface area contributed by atoms with Crippen LogP contribution in [0.2, 0.25) is 0 Å². The zero-order chi connectivity index (χ0) is 14.2. The Morgan fingerprint density at radius 3 is 2.50 bits per heavy atom. The van der Waals surface area contributed by atoms with E-state index in [4.69, 9.17) is 0 Å². The van der Waals surface area contributed by atoms with Crippen molar-refractivity contribution in [2.45, 2.75) is 0 Å². The minimum Gasteiger partial charge on any atom is -0.376 e. The van der Waals surface area contributed by atoms with Crippen molar-refractivity contribution in [2.75, 3.05) is 11.9 Å². The number of hydrogen-bond donors (Lipinski definition) is 2. The Balaban J connectivity index is 1.76. The van der Waals surface area contributed by atoms with Gasteiger partial charge >= 0.3 is 0 Å². The minimum absolute atomic E-state index is 0.130. The standard InChI is InChI=1S/C15H14FN3O/c16-13-8-6-12(7-9-13)10-18-19-15(20)11-17-14-4-2-1-3-5-14/h1-10,17H,11H2,(H,19,20). The van der Waals surface area contributed by atoms with Crippen molar-refractivity contribution in [3.05, 3.63) is 66.0 Å². The molecule has 2 aromatic carbocycles. The summed E-state index contributed by atoms with van der Waals surface area (Å²) in [5, 5.41) is 6.76. The molecule has 0 atom stereocenters. The molecule has 0 fully saturated rings. The summed E-state index contributed by atoms with van der Waals surface area (Å²) in [6.45, 7) is 0.130. The lowest BCUT2D eigenvalue weighted by Gasteiger charge is -2.04. The van der Waals surface area contributed by atoms with Crippen molar-refractivity contribution in [1.82, 2.24) is 5.43 Å². The van der Waals surface area contributed by atoms with Crippen molar-refractivity contribution < 1.29 is 9.18 Å². The molecule has 0 unspecified atom stereocenters. The van der Waals surface area contributed by atoms with Crippen molar-refractivity contribution in [3.63, 3.8) is 0 Å². The molecule has 2 rings (SSSR count). The molecule has 2 N–H and O–H groups in total. The van der Waals surface area contributed by atoms with E-state index in [9.17, 15) is 9.18 Å². The maximum Gasteiger partial charge on any atom is 0.259 e. The van der Waals surface area contributed by atoms with E-state index in [1.54, 1.807) is 12.1 Å². The first-order valence-corrected chi connectivity index (χ1v) is 6.10. The fourth-order valence-corrected chi connectivity index (χ4v) is 1.51. The van der Waals surface area contributed by atoms with Gasteiger partial charge in [0, 0.05) is 5.69 Å². The summed E-state index contributed by atoms with van der Waals surface area (Å²) >= 11 is 0. The molecule has 0 spiro atoms. The van der Waals surface area contributed by atoms with Gasteiger partial charge in [0.25, 0.3) is 5.91 Å². The average molecular weight is 271 g/mol. The van der Waals surface area contributed by atoms with Crippen LogP contribution >= 0.6 is 0 Å². The highest BCUT2D eigenvalue weighted by Gasteiger charge is 1.98. The van der Waals surface area contributed by atoms with Gasteiger partial charge in [-0.05, 0) is 29.8 Å². The third-order valence-corrected chi connectivity index (χ3v) is 2.50. The fourth-order valence-electron chi connectivity index (χ4n) is 1.51. The molecule has 0 heterocycles. The van der Waals surface area contributed by atoms with Crippen molar-refractivity contribution in [3.8, 4) is 0 Å². The van der Waals surface area contributed by atoms with Crippen LogP contribution in [0.25, 0.3) is 0 Å². The SMILES string of the molecule is O=C(CNc1ccccc1)NN=Cc1ccc(F)cc1. The van der Waals surface area contributed by atoms with Crippen molar-refractivity contribution in [2.24, 2.45) is 5.10 Å². The van der Waals surface area contributed by atoms with Crippen LogP contribution in [0, 0.1) is 5.82 Å². The largest absolute Gasteiger partial charge is 0.376 e. The zero-order valence-electron chi connectivity index (χ0n) is 10.7. The molecule has 102 valence electrons. The number of hydrazone groups is 1. The summed E-state index contributed by atoms with van der Waals surface area (Å²) in [7, 11) is 0. The summed E-state index contributed by atoms with van der Waals surface area (Å²) in [6.07, 6.45) is 1.46. The summed E-state index contributed by atoms with van der Waals surface area (Å²) in [6, 6.07) is 15.2. The highest BCUT2D eigenvalue weighted by molar-refractivity contribution is 5.84. The predicted octanol–water partition coefficient (Wildman–Crippen LogP) is 2.39. The lowest BCUT2D eigenvalue weighted by atomic mass is 10.2. The van der Waals surface area contributed by atoms with Crippen LogP contribution in [-0.4, -0.2) is 18.7 Å². The number of para-hydroxylation sites is 1. The van der Waals surface area contributed by atoms with Gasteiger partial charge in [-0.2, -0.15) is 5.10 Å². The third-order valence-electron chi connectivity index (χ3n) is 2.50. The number of carbonyl (C=O) groups excluding carboxylic acids is 1. The Labute approximate surface area is 116 Å². The van der Waals surface area contributed by atoms with Gasteiger partial charge in [-0.3, -0.25) is 4.79 Å². The Morgan fingerprint density at radius 2 is 1.80 bits per heavy atom. The van der Waals surface area contributed by atoms with Gasteiger partial charge < -0.3 is 5.32 Å². The molecular formula is C15H14FN3O. The van der Waals surface area contributed by atoms with Crippen LogP contribution in [0.5, 0.6) is 0 Å². The Kier molecular flexibility index (Phi) is 4.83. The maximum atomic E-state index is 12.7. The number of nitrogens with zero attached hydrogens (tertiary/aromatic N) is 1. The van der Waals surface area contributed by atoms with Crippen molar-refractivity contribution in [1.29, 1.82) is 0 Å². The molecule has 20 heavy (non-hydrogen) atoms. The van der Waals surface area contributed by atoms with Gasteiger partial charge in [-0.25, -0.2) is 9.82 Å². The second-order valence-corrected chi connectivity index (χ2v) is 4.06.